The van der Waals surface area contributed by atoms with Gasteiger partial charge in [-0.2, -0.15) is 13.2 Å². The molecular weight excluding hydrogens is 412 g/mol. The summed E-state index contributed by atoms with van der Waals surface area (Å²) in [6, 6.07) is 7.91. The van der Waals surface area contributed by atoms with Crippen molar-refractivity contribution in [3.8, 4) is 0 Å². The minimum absolute atomic E-state index is 0.219. The molecular formula is C23H22F4N2O2. The van der Waals surface area contributed by atoms with Gasteiger partial charge in [0.05, 0.1) is 7.11 Å². The molecule has 4 nitrogen and oxygen atoms in total. The molecule has 8 heteroatoms. The van der Waals surface area contributed by atoms with Crippen molar-refractivity contribution in [3.05, 3.63) is 77.3 Å². The minimum atomic E-state index is -4.58. The molecule has 0 aliphatic carbocycles. The summed E-state index contributed by atoms with van der Waals surface area (Å²) in [7, 11) is 1.24. The van der Waals surface area contributed by atoms with E-state index in [2.05, 4.69) is 9.72 Å². The van der Waals surface area contributed by atoms with E-state index in [4.69, 9.17) is 0 Å². The summed E-state index contributed by atoms with van der Waals surface area (Å²) in [5, 5.41) is 0. The Labute approximate surface area is 177 Å². The number of carbonyl (C=O) groups is 1. The zero-order valence-electron chi connectivity index (χ0n) is 17.0. The molecule has 0 bridgehead atoms. The van der Waals surface area contributed by atoms with Crippen molar-refractivity contribution in [2.75, 3.05) is 25.1 Å². The van der Waals surface area contributed by atoms with Gasteiger partial charge < -0.3 is 9.64 Å². The summed E-state index contributed by atoms with van der Waals surface area (Å²) in [5.74, 6) is -0.789. The van der Waals surface area contributed by atoms with Gasteiger partial charge in [0.25, 0.3) is 0 Å². The van der Waals surface area contributed by atoms with E-state index in [9.17, 15) is 22.4 Å². The van der Waals surface area contributed by atoms with Gasteiger partial charge in [0.2, 0.25) is 0 Å². The van der Waals surface area contributed by atoms with E-state index in [-0.39, 0.29) is 5.82 Å². The maximum Gasteiger partial charge on any atom is 0.433 e. The molecule has 0 saturated carbocycles. The molecule has 1 aliphatic heterocycles. The van der Waals surface area contributed by atoms with Gasteiger partial charge in [-0.25, -0.2) is 14.2 Å². The monoisotopic (exact) mass is 434 g/mol. The fourth-order valence-electron chi connectivity index (χ4n) is 3.43. The number of hydrogen-bond acceptors (Lipinski definition) is 4. The number of nitrogens with zero attached hydrogens (tertiary/aromatic N) is 2. The maximum atomic E-state index is 13.5. The number of carbonyl (C=O) groups excluding carboxylic acids is 1. The topological polar surface area (TPSA) is 42.4 Å². The molecule has 2 aromatic rings. The first-order chi connectivity index (χ1) is 14.8. The molecule has 1 aliphatic rings. The van der Waals surface area contributed by atoms with Crippen LogP contribution in [0, 0.1) is 5.82 Å². The third-order valence-corrected chi connectivity index (χ3v) is 4.96. The number of ether oxygens (including phenoxy) is 1. The van der Waals surface area contributed by atoms with Gasteiger partial charge in [0.1, 0.15) is 17.3 Å². The molecule has 1 aromatic carbocycles. The number of hydrogen-bond donors (Lipinski definition) is 0. The number of pyridine rings is 1. The summed E-state index contributed by atoms with van der Waals surface area (Å²) >= 11 is 0. The van der Waals surface area contributed by atoms with Crippen LogP contribution in [-0.2, 0) is 15.7 Å². The van der Waals surface area contributed by atoms with E-state index in [0.29, 0.717) is 29.8 Å². The van der Waals surface area contributed by atoms with Crippen molar-refractivity contribution in [2.24, 2.45) is 0 Å². The van der Waals surface area contributed by atoms with Gasteiger partial charge in [-0.05, 0) is 54.7 Å². The number of esters is 1. The molecule has 0 N–H and O–H groups in total. The van der Waals surface area contributed by atoms with Crippen LogP contribution in [0.5, 0.6) is 0 Å². The first-order valence-electron chi connectivity index (χ1n) is 9.85. The molecule has 1 saturated heterocycles. The molecule has 0 amide bonds. The van der Waals surface area contributed by atoms with Gasteiger partial charge in [-0.15, -0.1) is 0 Å². The second kappa shape index (κ2) is 9.76. The quantitative estimate of drug-likeness (QED) is 0.274. The number of methoxy groups -OCH3 is 1. The lowest BCUT2D eigenvalue weighted by atomic mass is 9.96. The molecule has 1 aromatic heterocycles. The number of allylic oxidation sites excluding steroid dienone is 2. The molecule has 2 heterocycles. The van der Waals surface area contributed by atoms with Crippen molar-refractivity contribution in [1.29, 1.82) is 0 Å². The Hall–Kier alpha value is -3.16. The van der Waals surface area contributed by atoms with Crippen molar-refractivity contribution < 1.29 is 27.1 Å². The summed E-state index contributed by atoms with van der Waals surface area (Å²) in [5.41, 5.74) is 0.592. The van der Waals surface area contributed by atoms with Gasteiger partial charge >= 0.3 is 12.1 Å². The highest BCUT2D eigenvalue weighted by atomic mass is 19.4. The highest BCUT2D eigenvalue weighted by Crippen LogP contribution is 2.36. The van der Waals surface area contributed by atoms with Crippen molar-refractivity contribution >= 4 is 17.4 Å². The average molecular weight is 434 g/mol. The number of aromatic nitrogens is 1. The maximum absolute atomic E-state index is 13.5. The van der Waals surface area contributed by atoms with Crippen LogP contribution in [0.4, 0.5) is 23.4 Å². The van der Waals surface area contributed by atoms with Crippen LogP contribution in [0.25, 0.3) is 5.57 Å². The van der Waals surface area contributed by atoms with Gasteiger partial charge in [0.15, 0.2) is 0 Å². The predicted octanol–water partition coefficient (Wildman–Crippen LogP) is 5.39. The Morgan fingerprint density at radius 3 is 2.35 bits per heavy atom. The molecule has 3 rings (SSSR count). The van der Waals surface area contributed by atoms with E-state index in [1.165, 1.54) is 49.6 Å². The van der Waals surface area contributed by atoms with Crippen LogP contribution in [0.2, 0.25) is 0 Å². The average Bonchev–Trinajstić information content (AvgIpc) is 2.77. The van der Waals surface area contributed by atoms with E-state index >= 15 is 0 Å². The smallest absolute Gasteiger partial charge is 0.433 e. The van der Waals surface area contributed by atoms with Crippen molar-refractivity contribution in [3.63, 3.8) is 0 Å². The Balaban J connectivity index is 2.16. The standard InChI is InChI=1S/C23H22F4N2O2/c1-31-21(30)7-5-6-18(16-8-10-17(24)11-9-16)19-12-13-20(23(25,26)27)28-22(19)29-14-3-2-4-15-29/h5-13H,2-4,14-15H2,1H3/b7-5+,18-6+. The molecule has 0 atom stereocenters. The number of halogens is 4. The van der Waals surface area contributed by atoms with Crippen LogP contribution in [0.3, 0.4) is 0 Å². The van der Waals surface area contributed by atoms with E-state index in [0.717, 1.165) is 25.3 Å². The SMILES string of the molecule is COC(=O)/C=C/C=C(\c1ccc(F)cc1)c1ccc(C(F)(F)F)nc1N1CCCCC1. The highest BCUT2D eigenvalue weighted by Gasteiger charge is 2.34. The fourth-order valence-corrected chi connectivity index (χ4v) is 3.43. The van der Waals surface area contributed by atoms with Crippen molar-refractivity contribution in [1.82, 2.24) is 4.98 Å². The first kappa shape index (κ1) is 22.5. The Bertz CT molecular complexity index is 976. The van der Waals surface area contributed by atoms with Crippen molar-refractivity contribution in [2.45, 2.75) is 25.4 Å². The summed E-state index contributed by atoms with van der Waals surface area (Å²) in [6.45, 7) is 1.19. The van der Waals surface area contributed by atoms with Crippen LogP contribution >= 0.6 is 0 Å². The number of benzene rings is 1. The molecule has 0 radical (unpaired) electrons. The summed E-state index contributed by atoms with van der Waals surface area (Å²) in [4.78, 5) is 17.3. The van der Waals surface area contributed by atoms with Gasteiger partial charge in [-0.3, -0.25) is 0 Å². The van der Waals surface area contributed by atoms with E-state index < -0.39 is 23.7 Å². The third kappa shape index (κ3) is 5.71. The minimum Gasteiger partial charge on any atom is -0.466 e. The van der Waals surface area contributed by atoms with Gasteiger partial charge in [0, 0.05) is 24.7 Å². The van der Waals surface area contributed by atoms with Crippen LogP contribution < -0.4 is 4.90 Å². The summed E-state index contributed by atoms with van der Waals surface area (Å²) < 4.78 is 58.1. The summed E-state index contributed by atoms with van der Waals surface area (Å²) in [6.07, 6.45) is 2.37. The molecule has 0 spiro atoms. The second-order valence-corrected chi connectivity index (χ2v) is 7.08. The number of alkyl halides is 3. The second-order valence-electron chi connectivity index (χ2n) is 7.08. The number of piperidine rings is 1. The lowest BCUT2D eigenvalue weighted by Gasteiger charge is -2.30. The van der Waals surface area contributed by atoms with Gasteiger partial charge in [-0.1, -0.05) is 24.3 Å². The lowest BCUT2D eigenvalue weighted by molar-refractivity contribution is -0.141. The Morgan fingerprint density at radius 1 is 1.06 bits per heavy atom. The highest BCUT2D eigenvalue weighted by molar-refractivity contribution is 5.88. The zero-order chi connectivity index (χ0) is 22.4. The fraction of sp³-hybridized carbons (Fsp3) is 0.304. The van der Waals surface area contributed by atoms with E-state index in [1.54, 1.807) is 6.08 Å². The predicted molar refractivity (Wildman–Crippen MR) is 110 cm³/mol. The molecule has 0 unspecified atom stereocenters. The molecule has 31 heavy (non-hydrogen) atoms. The zero-order valence-corrected chi connectivity index (χ0v) is 17.0. The van der Waals surface area contributed by atoms with E-state index in [1.807, 2.05) is 4.90 Å². The number of rotatable bonds is 5. The van der Waals surface area contributed by atoms with Crippen LogP contribution in [0.1, 0.15) is 36.1 Å². The largest absolute Gasteiger partial charge is 0.466 e. The van der Waals surface area contributed by atoms with Crippen LogP contribution in [-0.4, -0.2) is 31.2 Å². The molecule has 164 valence electrons. The molecule has 1 fully saturated rings. The lowest BCUT2D eigenvalue weighted by Crippen LogP contribution is -2.31. The third-order valence-electron chi connectivity index (χ3n) is 4.96. The number of anilines is 1. The normalized spacial score (nSPS) is 15.4. The first-order valence-corrected chi connectivity index (χ1v) is 9.85. The Morgan fingerprint density at radius 2 is 1.74 bits per heavy atom. The van der Waals surface area contributed by atoms with Crippen LogP contribution in [0.15, 0.2) is 54.6 Å². The Kier molecular flexibility index (Phi) is 7.09.